The summed E-state index contributed by atoms with van der Waals surface area (Å²) in [5, 5.41) is 13.1. The number of sulfonamides is 1. The summed E-state index contributed by atoms with van der Waals surface area (Å²) in [5.74, 6) is -0.507. The molecule has 0 unspecified atom stereocenters. The van der Waals surface area contributed by atoms with E-state index in [1.807, 2.05) is 51.1 Å². The first-order chi connectivity index (χ1) is 22.9. The number of likely N-dealkylation sites (N-methyl/N-ethyl adjacent to an activating group) is 1. The zero-order valence-electron chi connectivity index (χ0n) is 28.6. The molecule has 4 atom stereocenters. The molecule has 3 aromatic carbocycles. The molecule has 3 aromatic rings. The van der Waals surface area contributed by atoms with Gasteiger partial charge >= 0.3 is 0 Å². The lowest BCUT2D eigenvalue weighted by Crippen LogP contribution is -2.48. The molecule has 260 valence electrons. The molecule has 0 aromatic heterocycles. The van der Waals surface area contributed by atoms with Gasteiger partial charge in [-0.1, -0.05) is 55.0 Å². The van der Waals surface area contributed by atoms with Crippen LogP contribution in [0, 0.1) is 12.8 Å². The first-order valence-electron chi connectivity index (χ1n) is 16.6. The fourth-order valence-corrected chi connectivity index (χ4v) is 6.87. The van der Waals surface area contributed by atoms with Crippen molar-refractivity contribution in [1.29, 1.82) is 0 Å². The Labute approximate surface area is 285 Å². The third-order valence-corrected chi connectivity index (χ3v) is 10.5. The van der Waals surface area contributed by atoms with Crippen molar-refractivity contribution in [2.45, 2.75) is 76.5 Å². The van der Waals surface area contributed by atoms with Crippen LogP contribution in [-0.4, -0.2) is 86.1 Å². The van der Waals surface area contributed by atoms with Crippen molar-refractivity contribution < 1.29 is 32.6 Å². The molecule has 1 heterocycles. The van der Waals surface area contributed by atoms with Crippen LogP contribution in [-0.2, 0) is 26.0 Å². The van der Waals surface area contributed by atoms with E-state index in [9.17, 15) is 23.1 Å². The highest BCUT2D eigenvalue weighted by atomic mass is 32.2. The second-order valence-corrected chi connectivity index (χ2v) is 14.9. The number of amides is 2. The number of rotatable bonds is 9. The van der Waals surface area contributed by atoms with Crippen LogP contribution in [0.3, 0.4) is 0 Å². The maximum absolute atomic E-state index is 14.4. The summed E-state index contributed by atoms with van der Waals surface area (Å²) in [6.45, 7) is 7.93. The Morgan fingerprint density at radius 2 is 1.77 bits per heavy atom. The molecule has 1 aliphatic rings. The smallest absolute Gasteiger partial charge is 0.258 e. The molecule has 11 heteroatoms. The van der Waals surface area contributed by atoms with Gasteiger partial charge in [-0.3, -0.25) is 9.59 Å². The minimum atomic E-state index is -3.79. The summed E-state index contributed by atoms with van der Waals surface area (Å²) < 4.78 is 40.9. The van der Waals surface area contributed by atoms with E-state index in [1.165, 1.54) is 4.31 Å². The summed E-state index contributed by atoms with van der Waals surface area (Å²) in [6.07, 6.45) is 1.72. The molecule has 0 aliphatic carbocycles. The average Bonchev–Trinajstić information content (AvgIpc) is 3.06. The third kappa shape index (κ3) is 9.88. The lowest BCUT2D eigenvalue weighted by atomic mass is 10.0. The van der Waals surface area contributed by atoms with Gasteiger partial charge in [-0.05, 0) is 75.9 Å². The Hall–Kier alpha value is -3.77. The van der Waals surface area contributed by atoms with Gasteiger partial charge < -0.3 is 24.8 Å². The second-order valence-electron chi connectivity index (χ2n) is 12.8. The number of anilines is 1. The van der Waals surface area contributed by atoms with Gasteiger partial charge in [0.05, 0.1) is 41.7 Å². The molecule has 0 saturated carbocycles. The molecule has 1 aliphatic heterocycles. The van der Waals surface area contributed by atoms with Crippen molar-refractivity contribution in [3.05, 3.63) is 89.5 Å². The number of carbonyl (C=O) groups excluding carboxylic acids is 2. The number of nitrogens with one attached hydrogen (secondary N) is 1. The highest BCUT2D eigenvalue weighted by molar-refractivity contribution is 7.89. The Morgan fingerprint density at radius 1 is 1.06 bits per heavy atom. The number of aryl methyl sites for hydroxylation is 1. The van der Waals surface area contributed by atoms with Crippen molar-refractivity contribution in [3.8, 4) is 5.75 Å². The molecule has 10 nitrogen and oxygen atoms in total. The molecule has 0 spiro atoms. The minimum Gasteiger partial charge on any atom is -0.490 e. The van der Waals surface area contributed by atoms with Crippen LogP contribution in [0.1, 0.15) is 61.5 Å². The molecule has 0 radical (unpaired) electrons. The van der Waals surface area contributed by atoms with Gasteiger partial charge in [-0.15, -0.1) is 0 Å². The van der Waals surface area contributed by atoms with Gasteiger partial charge in [0.15, 0.2) is 0 Å². The number of fused-ring (bicyclic) bond motifs is 1. The van der Waals surface area contributed by atoms with Crippen molar-refractivity contribution in [2.24, 2.45) is 5.92 Å². The minimum absolute atomic E-state index is 0.0839. The number of hydrogen-bond donors (Lipinski definition) is 2. The van der Waals surface area contributed by atoms with E-state index in [4.69, 9.17) is 9.47 Å². The van der Waals surface area contributed by atoms with E-state index in [-0.39, 0.29) is 60.4 Å². The molecular formula is C37H49N3O7S. The van der Waals surface area contributed by atoms with E-state index >= 15 is 0 Å². The van der Waals surface area contributed by atoms with E-state index < -0.39 is 22.2 Å². The Morgan fingerprint density at radius 3 is 2.46 bits per heavy atom. The van der Waals surface area contributed by atoms with Crippen molar-refractivity contribution in [2.75, 3.05) is 38.7 Å². The van der Waals surface area contributed by atoms with Crippen LogP contribution in [0.5, 0.6) is 5.75 Å². The number of benzene rings is 3. The molecule has 2 amide bonds. The first-order valence-corrected chi connectivity index (χ1v) is 18.0. The summed E-state index contributed by atoms with van der Waals surface area (Å²) >= 11 is 0. The maximum Gasteiger partial charge on any atom is 0.258 e. The second kappa shape index (κ2) is 17.1. The number of hydrogen-bond acceptors (Lipinski definition) is 7. The average molecular weight is 680 g/mol. The molecule has 48 heavy (non-hydrogen) atoms. The van der Waals surface area contributed by atoms with Crippen LogP contribution >= 0.6 is 0 Å². The van der Waals surface area contributed by atoms with Gasteiger partial charge in [-0.25, -0.2) is 8.42 Å². The number of aliphatic hydroxyl groups excluding tert-OH is 1. The topological polar surface area (TPSA) is 125 Å². The third-order valence-electron chi connectivity index (χ3n) is 8.71. The van der Waals surface area contributed by atoms with Crippen LogP contribution in [0.4, 0.5) is 5.69 Å². The van der Waals surface area contributed by atoms with Crippen LogP contribution in [0.15, 0.2) is 77.7 Å². The van der Waals surface area contributed by atoms with Gasteiger partial charge in [0.1, 0.15) is 5.75 Å². The van der Waals surface area contributed by atoms with Crippen LogP contribution in [0.2, 0.25) is 0 Å². The predicted molar refractivity (Wildman–Crippen MR) is 187 cm³/mol. The monoisotopic (exact) mass is 679 g/mol. The highest BCUT2D eigenvalue weighted by Crippen LogP contribution is 2.29. The molecule has 4 rings (SSSR count). The molecule has 0 saturated heterocycles. The number of aliphatic hydroxyl groups is 1. The normalized spacial score (nSPS) is 20.4. The fraction of sp³-hybridized carbons (Fsp3) is 0.459. The lowest BCUT2D eigenvalue weighted by molar-refractivity contribution is -0.115. The first kappa shape index (κ1) is 37.1. The largest absolute Gasteiger partial charge is 0.490 e. The van der Waals surface area contributed by atoms with E-state index in [2.05, 4.69) is 5.32 Å². The Kier molecular flexibility index (Phi) is 13.2. The van der Waals surface area contributed by atoms with Crippen LogP contribution in [0.25, 0.3) is 0 Å². The standard InChI is InChI=1S/C37H49N3O7S/c1-26-14-17-32(18-15-26)48(44,45)39(5)24-35-27(2)23-40(28(3)25-41)37(43)33-22-31(38-36(42)21-30-12-7-6-8-13-30)16-19-34(33)47-29(4)11-9-10-20-46-35/h6-8,12-19,22,27-29,35,41H,9-11,20-21,23-25H2,1-5H3,(H,38,42)/t27-,28-,29-,35+/m0/s1. The lowest BCUT2D eigenvalue weighted by Gasteiger charge is -2.35. The zero-order valence-corrected chi connectivity index (χ0v) is 29.4. The van der Waals surface area contributed by atoms with E-state index in [1.54, 1.807) is 61.3 Å². The van der Waals surface area contributed by atoms with Crippen LogP contribution < -0.4 is 10.1 Å². The van der Waals surface area contributed by atoms with E-state index in [0.29, 0.717) is 24.5 Å². The number of ether oxygens (including phenoxy) is 2. The predicted octanol–water partition coefficient (Wildman–Crippen LogP) is 5.29. The Bertz CT molecular complexity index is 1620. The van der Waals surface area contributed by atoms with Crippen molar-refractivity contribution in [1.82, 2.24) is 9.21 Å². The summed E-state index contributed by atoms with van der Waals surface area (Å²) in [7, 11) is -2.24. The summed E-state index contributed by atoms with van der Waals surface area (Å²) in [5.41, 5.74) is 2.55. The summed E-state index contributed by atoms with van der Waals surface area (Å²) in [4.78, 5) is 29.0. The quantitative estimate of drug-likeness (QED) is 0.315. The number of nitrogens with zero attached hydrogens (tertiary/aromatic N) is 2. The van der Waals surface area contributed by atoms with Gasteiger partial charge in [0, 0.05) is 38.3 Å². The zero-order chi connectivity index (χ0) is 34.8. The fourth-order valence-electron chi connectivity index (χ4n) is 5.69. The van der Waals surface area contributed by atoms with Crippen molar-refractivity contribution in [3.63, 3.8) is 0 Å². The molecule has 0 fully saturated rings. The van der Waals surface area contributed by atoms with Crippen molar-refractivity contribution >= 4 is 27.5 Å². The molecule has 2 N–H and O–H groups in total. The van der Waals surface area contributed by atoms with Gasteiger partial charge in [0.25, 0.3) is 5.91 Å². The number of carbonyl (C=O) groups is 2. The van der Waals surface area contributed by atoms with Gasteiger partial charge in [0.2, 0.25) is 15.9 Å². The maximum atomic E-state index is 14.4. The SMILES string of the molecule is Cc1ccc(S(=O)(=O)N(C)C[C@H]2OCCCC[C@H](C)Oc3ccc(NC(=O)Cc4ccccc4)cc3C(=O)N([C@@H](C)CO)C[C@@H]2C)cc1. The van der Waals surface area contributed by atoms with Gasteiger partial charge in [-0.2, -0.15) is 4.31 Å². The molecule has 0 bridgehead atoms. The molecular weight excluding hydrogens is 630 g/mol. The Balaban J connectivity index is 1.62. The summed E-state index contributed by atoms with van der Waals surface area (Å²) in [6, 6.07) is 20.6. The highest BCUT2D eigenvalue weighted by Gasteiger charge is 2.32. The van der Waals surface area contributed by atoms with E-state index in [0.717, 1.165) is 24.0 Å².